The van der Waals surface area contributed by atoms with Gasteiger partial charge in [0.05, 0.1) is 25.1 Å². The molecule has 0 aromatic heterocycles. The molecule has 0 aromatic carbocycles. The van der Waals surface area contributed by atoms with Crippen LogP contribution in [0.5, 0.6) is 0 Å². The Morgan fingerprint density at radius 2 is 2.30 bits per heavy atom. The van der Waals surface area contributed by atoms with Crippen molar-refractivity contribution in [3.05, 3.63) is 0 Å². The highest BCUT2D eigenvalue weighted by Crippen LogP contribution is 2.11. The van der Waals surface area contributed by atoms with Crippen molar-refractivity contribution in [2.24, 2.45) is 5.92 Å². The minimum atomic E-state index is 0.359. The molecule has 3 nitrogen and oxygen atoms in total. The van der Waals surface area contributed by atoms with E-state index in [1.54, 1.807) is 6.92 Å². The van der Waals surface area contributed by atoms with Crippen molar-refractivity contribution in [3.8, 4) is 0 Å². The molecule has 1 fully saturated rings. The first-order chi connectivity index (χ1) is 4.70. The van der Waals surface area contributed by atoms with Gasteiger partial charge in [-0.15, -0.1) is 0 Å². The van der Waals surface area contributed by atoms with Crippen molar-refractivity contribution < 1.29 is 4.74 Å². The zero-order valence-electron chi connectivity index (χ0n) is 6.48. The molecule has 2 N–H and O–H groups in total. The van der Waals surface area contributed by atoms with Crippen LogP contribution in [0.4, 0.5) is 0 Å². The van der Waals surface area contributed by atoms with Crippen LogP contribution in [0.25, 0.3) is 0 Å². The third kappa shape index (κ3) is 1.70. The summed E-state index contributed by atoms with van der Waals surface area (Å²) < 4.78 is 5.21. The van der Waals surface area contributed by atoms with Gasteiger partial charge in [0.15, 0.2) is 0 Å². The van der Waals surface area contributed by atoms with E-state index in [-0.39, 0.29) is 0 Å². The molecule has 2 atom stereocenters. The van der Waals surface area contributed by atoms with Crippen molar-refractivity contribution in [1.29, 1.82) is 5.41 Å². The third-order valence-electron chi connectivity index (χ3n) is 1.77. The molecular weight excluding hydrogens is 128 g/mol. The first-order valence-electron chi connectivity index (χ1n) is 3.59. The average Bonchev–Trinajstić information content (AvgIpc) is 2.15. The second-order valence-corrected chi connectivity index (χ2v) is 2.89. The molecule has 0 spiro atoms. The highest BCUT2D eigenvalue weighted by Gasteiger charge is 2.23. The topological polar surface area (TPSA) is 45.1 Å². The van der Waals surface area contributed by atoms with Crippen molar-refractivity contribution >= 4 is 5.84 Å². The van der Waals surface area contributed by atoms with E-state index in [4.69, 9.17) is 10.1 Å². The Labute approximate surface area is 61.3 Å². The highest BCUT2D eigenvalue weighted by atomic mass is 16.5. The monoisotopic (exact) mass is 142 g/mol. The Balaban J connectivity index is 2.33. The summed E-state index contributed by atoms with van der Waals surface area (Å²) in [6.45, 7) is 5.46. The molecule has 3 heteroatoms. The molecule has 0 aliphatic carbocycles. The van der Waals surface area contributed by atoms with Crippen molar-refractivity contribution in [3.63, 3.8) is 0 Å². The number of hydrogen-bond acceptors (Lipinski definition) is 2. The molecule has 0 aromatic rings. The Kier molecular flexibility index (Phi) is 2.27. The van der Waals surface area contributed by atoms with Crippen molar-refractivity contribution in [2.45, 2.75) is 19.9 Å². The molecule has 1 saturated heterocycles. The van der Waals surface area contributed by atoms with Gasteiger partial charge in [-0.2, -0.15) is 0 Å². The maximum absolute atomic E-state index is 7.18. The van der Waals surface area contributed by atoms with Crippen molar-refractivity contribution in [1.82, 2.24) is 5.32 Å². The minimum Gasteiger partial charge on any atom is -0.379 e. The lowest BCUT2D eigenvalue weighted by atomic mass is 10.1. The quantitative estimate of drug-likeness (QED) is 0.416. The zero-order chi connectivity index (χ0) is 7.56. The van der Waals surface area contributed by atoms with Gasteiger partial charge >= 0.3 is 0 Å². The van der Waals surface area contributed by atoms with Gasteiger partial charge in [-0.1, -0.05) is 6.92 Å². The second kappa shape index (κ2) is 3.01. The maximum Gasteiger partial charge on any atom is 0.0902 e. The van der Waals surface area contributed by atoms with Crippen molar-refractivity contribution in [2.75, 3.05) is 13.2 Å². The summed E-state index contributed by atoms with van der Waals surface area (Å²) in [6, 6.07) is 0.359. The van der Waals surface area contributed by atoms with Gasteiger partial charge in [0.25, 0.3) is 0 Å². The number of rotatable bonds is 1. The number of nitrogens with one attached hydrogen (secondary N) is 2. The first-order valence-corrected chi connectivity index (χ1v) is 3.59. The van der Waals surface area contributed by atoms with Crippen LogP contribution in [0.2, 0.25) is 0 Å². The van der Waals surface area contributed by atoms with E-state index in [1.807, 2.05) is 0 Å². The summed E-state index contributed by atoms with van der Waals surface area (Å²) in [7, 11) is 0. The van der Waals surface area contributed by atoms with Crippen LogP contribution < -0.4 is 5.32 Å². The SMILES string of the molecule is CC(=N)NC1COCC1C. The number of ether oxygens (including phenoxy) is 1. The van der Waals surface area contributed by atoms with Gasteiger partial charge in [0.2, 0.25) is 0 Å². The van der Waals surface area contributed by atoms with Gasteiger partial charge in [-0.25, -0.2) is 0 Å². The predicted octanol–water partition coefficient (Wildman–Crippen LogP) is 0.608. The fourth-order valence-electron chi connectivity index (χ4n) is 1.12. The van der Waals surface area contributed by atoms with Crippen LogP contribution in [0.15, 0.2) is 0 Å². The van der Waals surface area contributed by atoms with E-state index < -0.39 is 0 Å². The molecule has 1 rings (SSSR count). The second-order valence-electron chi connectivity index (χ2n) is 2.89. The largest absolute Gasteiger partial charge is 0.379 e. The molecule has 2 unspecified atom stereocenters. The normalized spacial score (nSPS) is 32.2. The molecule has 0 amide bonds. The Bertz CT molecular complexity index is 136. The van der Waals surface area contributed by atoms with Crippen LogP contribution in [0, 0.1) is 11.3 Å². The van der Waals surface area contributed by atoms with Crippen LogP contribution in [0.1, 0.15) is 13.8 Å². The summed E-state index contributed by atoms with van der Waals surface area (Å²) in [6.07, 6.45) is 0. The molecule has 1 heterocycles. The first kappa shape index (κ1) is 7.54. The number of hydrogen-bond donors (Lipinski definition) is 2. The van der Waals surface area contributed by atoms with E-state index in [1.165, 1.54) is 0 Å². The molecule has 10 heavy (non-hydrogen) atoms. The third-order valence-corrected chi connectivity index (χ3v) is 1.77. The lowest BCUT2D eigenvalue weighted by Crippen LogP contribution is -2.37. The Hall–Kier alpha value is -0.570. The van der Waals surface area contributed by atoms with E-state index in [2.05, 4.69) is 12.2 Å². The van der Waals surface area contributed by atoms with Crippen LogP contribution in [0.3, 0.4) is 0 Å². The smallest absolute Gasteiger partial charge is 0.0902 e. The molecule has 0 radical (unpaired) electrons. The van der Waals surface area contributed by atoms with E-state index >= 15 is 0 Å². The minimum absolute atomic E-state index is 0.359. The fraction of sp³-hybridized carbons (Fsp3) is 0.857. The molecule has 0 bridgehead atoms. The summed E-state index contributed by atoms with van der Waals surface area (Å²) >= 11 is 0. The van der Waals surface area contributed by atoms with Crippen LogP contribution in [-0.2, 0) is 4.74 Å². The molecule has 0 saturated carbocycles. The van der Waals surface area contributed by atoms with Crippen LogP contribution >= 0.6 is 0 Å². The van der Waals surface area contributed by atoms with Gasteiger partial charge < -0.3 is 10.1 Å². The zero-order valence-corrected chi connectivity index (χ0v) is 6.48. The lowest BCUT2D eigenvalue weighted by molar-refractivity contribution is 0.185. The predicted molar refractivity (Wildman–Crippen MR) is 40.3 cm³/mol. The van der Waals surface area contributed by atoms with E-state index in [9.17, 15) is 0 Å². The summed E-state index contributed by atoms with van der Waals surface area (Å²) in [5.74, 6) is 1.07. The molecular formula is C7H14N2O. The van der Waals surface area contributed by atoms with Crippen LogP contribution in [-0.4, -0.2) is 25.1 Å². The fourth-order valence-corrected chi connectivity index (χ4v) is 1.12. The Morgan fingerprint density at radius 1 is 1.60 bits per heavy atom. The molecule has 58 valence electrons. The maximum atomic E-state index is 7.18. The van der Waals surface area contributed by atoms with E-state index in [0.717, 1.165) is 13.2 Å². The number of amidine groups is 1. The molecule has 1 aliphatic heterocycles. The Morgan fingerprint density at radius 3 is 2.70 bits per heavy atom. The highest BCUT2D eigenvalue weighted by molar-refractivity contribution is 5.76. The van der Waals surface area contributed by atoms with Gasteiger partial charge in [0, 0.05) is 5.92 Å². The summed E-state index contributed by atoms with van der Waals surface area (Å²) in [4.78, 5) is 0. The van der Waals surface area contributed by atoms with Gasteiger partial charge in [-0.3, -0.25) is 5.41 Å². The summed E-state index contributed by atoms with van der Waals surface area (Å²) in [5.41, 5.74) is 0. The van der Waals surface area contributed by atoms with Gasteiger partial charge in [-0.05, 0) is 6.92 Å². The van der Waals surface area contributed by atoms with E-state index in [0.29, 0.717) is 17.8 Å². The summed E-state index contributed by atoms with van der Waals surface area (Å²) in [5, 5.41) is 10.2. The average molecular weight is 142 g/mol. The van der Waals surface area contributed by atoms with Gasteiger partial charge in [0.1, 0.15) is 0 Å². The lowest BCUT2D eigenvalue weighted by Gasteiger charge is -2.14. The molecule has 1 aliphatic rings. The standard InChI is InChI=1S/C7H14N2O/c1-5-3-10-4-7(5)9-6(2)8/h5,7H,3-4H2,1-2H3,(H2,8,9).